The Bertz CT molecular complexity index is 862. The number of carbonyl (C=O) groups is 1. The van der Waals surface area contributed by atoms with E-state index in [4.69, 9.17) is 4.42 Å². The number of aryl methyl sites for hydroxylation is 2. The quantitative estimate of drug-likeness (QED) is 0.623. The van der Waals surface area contributed by atoms with E-state index >= 15 is 0 Å². The molecule has 3 rings (SSSR count). The molecule has 0 radical (unpaired) electrons. The molecule has 3 aromatic heterocycles. The van der Waals surface area contributed by atoms with E-state index in [-0.39, 0.29) is 6.03 Å². The van der Waals surface area contributed by atoms with Gasteiger partial charge in [0.25, 0.3) is 0 Å². The lowest BCUT2D eigenvalue weighted by molar-refractivity contribution is 0.262. The molecule has 9 heteroatoms. The van der Waals surface area contributed by atoms with Crippen LogP contribution in [0.3, 0.4) is 0 Å². The van der Waals surface area contributed by atoms with Gasteiger partial charge in [0.05, 0.1) is 22.4 Å². The predicted octanol–water partition coefficient (Wildman–Crippen LogP) is 4.33. The Hall–Kier alpha value is -2.39. The molecule has 0 bridgehead atoms. The van der Waals surface area contributed by atoms with Crippen molar-refractivity contribution in [3.05, 3.63) is 47.9 Å². The van der Waals surface area contributed by atoms with Gasteiger partial charge in [-0.05, 0) is 24.6 Å². The van der Waals surface area contributed by atoms with Crippen LogP contribution in [-0.4, -0.2) is 21.0 Å². The van der Waals surface area contributed by atoms with Crippen LogP contribution in [0.5, 0.6) is 0 Å². The molecule has 0 aliphatic heterocycles. The Kier molecular flexibility index (Phi) is 5.67. The molecule has 7 nitrogen and oxygen atoms in total. The zero-order chi connectivity index (χ0) is 17.6. The Morgan fingerprint density at radius 3 is 2.92 bits per heavy atom. The molecule has 0 atom stereocenters. The summed E-state index contributed by atoms with van der Waals surface area (Å²) in [6.07, 6.45) is 5.95. The van der Waals surface area contributed by atoms with Crippen LogP contribution in [0.15, 0.2) is 39.3 Å². The zero-order valence-electron chi connectivity index (χ0n) is 13.8. The number of hydrogen-bond donors (Lipinski definition) is 2. The number of thiazole rings is 1. The number of aromatic nitrogens is 3. The zero-order valence-corrected chi connectivity index (χ0v) is 15.4. The highest BCUT2D eigenvalue weighted by Crippen LogP contribution is 2.30. The van der Waals surface area contributed by atoms with E-state index in [1.807, 2.05) is 19.9 Å². The molecule has 2 N–H and O–H groups in total. The van der Waals surface area contributed by atoms with E-state index in [2.05, 4.69) is 25.6 Å². The molecule has 0 saturated heterocycles. The van der Waals surface area contributed by atoms with Gasteiger partial charge in [0, 0.05) is 12.6 Å². The normalized spacial score (nSPS) is 10.6. The van der Waals surface area contributed by atoms with E-state index in [1.54, 1.807) is 36.4 Å². The SMILES string of the molecule is CCc1cnc(CSc2cnc(NC(=O)Nc3cc(C)ccn3)s2)o1. The van der Waals surface area contributed by atoms with Gasteiger partial charge < -0.3 is 4.42 Å². The van der Waals surface area contributed by atoms with Crippen LogP contribution < -0.4 is 10.6 Å². The number of nitrogens with zero attached hydrogens (tertiary/aromatic N) is 3. The molecule has 0 spiro atoms. The van der Waals surface area contributed by atoms with Crippen molar-refractivity contribution in [1.82, 2.24) is 15.0 Å². The second-order valence-corrected chi connectivity index (χ2v) is 7.45. The van der Waals surface area contributed by atoms with Crippen LogP contribution in [0, 0.1) is 6.92 Å². The fourth-order valence-electron chi connectivity index (χ4n) is 1.94. The summed E-state index contributed by atoms with van der Waals surface area (Å²) in [5.41, 5.74) is 1.02. The van der Waals surface area contributed by atoms with Gasteiger partial charge in [-0.25, -0.2) is 19.7 Å². The van der Waals surface area contributed by atoms with Crippen LogP contribution in [0.2, 0.25) is 0 Å². The summed E-state index contributed by atoms with van der Waals surface area (Å²) in [6, 6.07) is 3.29. The van der Waals surface area contributed by atoms with Gasteiger partial charge >= 0.3 is 6.03 Å². The number of anilines is 2. The minimum absolute atomic E-state index is 0.371. The van der Waals surface area contributed by atoms with Crippen LogP contribution in [0.25, 0.3) is 0 Å². The monoisotopic (exact) mass is 375 g/mol. The molecule has 3 aromatic rings. The minimum Gasteiger partial charge on any atom is -0.445 e. The highest BCUT2D eigenvalue weighted by molar-refractivity contribution is 8.00. The lowest BCUT2D eigenvalue weighted by atomic mass is 10.3. The largest absolute Gasteiger partial charge is 0.445 e. The lowest BCUT2D eigenvalue weighted by Crippen LogP contribution is -2.19. The highest BCUT2D eigenvalue weighted by Gasteiger charge is 2.09. The van der Waals surface area contributed by atoms with Gasteiger partial charge in [0.1, 0.15) is 11.6 Å². The topological polar surface area (TPSA) is 92.9 Å². The van der Waals surface area contributed by atoms with Crippen LogP contribution in [-0.2, 0) is 12.2 Å². The average Bonchev–Trinajstić information content (AvgIpc) is 3.21. The molecule has 0 fully saturated rings. The first-order valence-corrected chi connectivity index (χ1v) is 9.45. The molecule has 0 aliphatic rings. The fourth-order valence-corrected chi connectivity index (χ4v) is 3.66. The Balaban J connectivity index is 1.51. The number of nitrogens with one attached hydrogen (secondary N) is 2. The van der Waals surface area contributed by atoms with E-state index < -0.39 is 0 Å². The molecular formula is C16H17N5O2S2. The maximum atomic E-state index is 12.0. The Morgan fingerprint density at radius 1 is 1.28 bits per heavy atom. The van der Waals surface area contributed by atoms with Crippen molar-refractivity contribution in [2.24, 2.45) is 0 Å². The number of oxazole rings is 1. The summed E-state index contributed by atoms with van der Waals surface area (Å²) in [6.45, 7) is 3.96. The van der Waals surface area contributed by atoms with Crippen molar-refractivity contribution in [1.29, 1.82) is 0 Å². The summed E-state index contributed by atoms with van der Waals surface area (Å²) < 4.78 is 6.54. The maximum absolute atomic E-state index is 12.0. The van der Waals surface area contributed by atoms with Crippen LogP contribution in [0.4, 0.5) is 15.7 Å². The van der Waals surface area contributed by atoms with Crippen molar-refractivity contribution in [3.8, 4) is 0 Å². The number of pyridine rings is 1. The first kappa shape index (κ1) is 17.4. The Labute approximate surface area is 153 Å². The van der Waals surface area contributed by atoms with Crippen molar-refractivity contribution in [3.63, 3.8) is 0 Å². The second-order valence-electron chi connectivity index (χ2n) is 5.14. The van der Waals surface area contributed by atoms with Gasteiger partial charge in [-0.15, -0.1) is 11.8 Å². The van der Waals surface area contributed by atoms with Crippen molar-refractivity contribution in [2.75, 3.05) is 10.6 Å². The maximum Gasteiger partial charge on any atom is 0.326 e. The number of urea groups is 1. The van der Waals surface area contributed by atoms with Gasteiger partial charge in [0.2, 0.25) is 5.89 Å². The first-order valence-electron chi connectivity index (χ1n) is 7.65. The van der Waals surface area contributed by atoms with Crippen molar-refractivity contribution < 1.29 is 9.21 Å². The first-order chi connectivity index (χ1) is 12.1. The molecular weight excluding hydrogens is 358 g/mol. The highest BCUT2D eigenvalue weighted by atomic mass is 32.2. The van der Waals surface area contributed by atoms with Crippen molar-refractivity contribution in [2.45, 2.75) is 30.2 Å². The van der Waals surface area contributed by atoms with Crippen LogP contribution in [0.1, 0.15) is 24.1 Å². The van der Waals surface area contributed by atoms with Gasteiger partial charge in [-0.2, -0.15) is 0 Å². The van der Waals surface area contributed by atoms with E-state index in [1.165, 1.54) is 11.3 Å². The van der Waals surface area contributed by atoms with Gasteiger partial charge in [-0.3, -0.25) is 10.6 Å². The summed E-state index contributed by atoms with van der Waals surface area (Å²) in [4.78, 5) is 24.5. The summed E-state index contributed by atoms with van der Waals surface area (Å²) in [5.74, 6) is 2.69. The van der Waals surface area contributed by atoms with Gasteiger partial charge in [0.15, 0.2) is 5.13 Å². The Morgan fingerprint density at radius 2 is 2.16 bits per heavy atom. The van der Waals surface area contributed by atoms with Gasteiger partial charge in [-0.1, -0.05) is 18.3 Å². The summed E-state index contributed by atoms with van der Waals surface area (Å²) >= 11 is 2.96. The number of carbonyl (C=O) groups excluding carboxylic acids is 1. The molecule has 3 heterocycles. The number of hydrogen-bond acceptors (Lipinski definition) is 7. The number of rotatable bonds is 6. The summed E-state index contributed by atoms with van der Waals surface area (Å²) in [5, 5.41) is 5.91. The molecule has 130 valence electrons. The van der Waals surface area contributed by atoms with Crippen molar-refractivity contribution >= 4 is 40.1 Å². The predicted molar refractivity (Wildman–Crippen MR) is 99.2 cm³/mol. The summed E-state index contributed by atoms with van der Waals surface area (Å²) in [7, 11) is 0. The standard InChI is InChI=1S/C16H17N5O2S2/c1-3-11-7-18-13(23-11)9-24-14-8-19-16(25-14)21-15(22)20-12-6-10(2)4-5-17-12/h4-8H,3,9H2,1-2H3,(H2,17,19,20,21,22). The number of thioether (sulfide) groups is 1. The smallest absolute Gasteiger partial charge is 0.326 e. The molecule has 0 unspecified atom stereocenters. The third-order valence-electron chi connectivity index (χ3n) is 3.15. The van der Waals surface area contributed by atoms with E-state index in [0.717, 1.165) is 22.0 Å². The van der Waals surface area contributed by atoms with E-state index in [9.17, 15) is 4.79 Å². The third-order valence-corrected chi connectivity index (χ3v) is 5.24. The molecule has 2 amide bonds. The second kappa shape index (κ2) is 8.13. The third kappa shape index (κ3) is 5.04. The molecule has 0 aromatic carbocycles. The minimum atomic E-state index is -0.371. The fraction of sp³-hybridized carbons (Fsp3) is 0.250. The van der Waals surface area contributed by atoms with E-state index in [0.29, 0.717) is 22.6 Å². The van der Waals surface area contributed by atoms with Crippen LogP contribution >= 0.6 is 23.1 Å². The lowest BCUT2D eigenvalue weighted by Gasteiger charge is -2.04. The average molecular weight is 375 g/mol. The molecule has 0 aliphatic carbocycles. The number of amides is 2. The molecule has 25 heavy (non-hydrogen) atoms. The molecule has 0 saturated carbocycles.